The van der Waals surface area contributed by atoms with Gasteiger partial charge in [-0.25, -0.2) is 24.0 Å². The SMILES string of the molecule is C=C(C)C(=O)OCCOC(C)CC.C=CC(=O)OCCOC(C)CC.CC(C(=O)O)C(C)C(=O)O.CC(C)C(C)C(=O)O.CCC(C)(CC(=O)O)C(=O)O.CCC(C)OCCCCN.CCC(C)OCCCCS.CCC(C)OCCOC(=O)c1ccccc1C(=O)O.CCC(C)OCCOCC1(C)COC1.CCC(C)OCCOCC1CCC2OC2C1.CCC(C)OCCOCC1COC(=O)O1. The zero-order chi connectivity index (χ0) is 107. The summed E-state index contributed by atoms with van der Waals surface area (Å²) in [6.07, 6.45) is 20.2. The minimum Gasteiger partial charge on any atom is -0.481 e. The van der Waals surface area contributed by atoms with Gasteiger partial charge in [0.25, 0.3) is 0 Å². The van der Waals surface area contributed by atoms with E-state index in [9.17, 15) is 47.9 Å². The summed E-state index contributed by atoms with van der Waals surface area (Å²) in [4.78, 5) is 106. The van der Waals surface area contributed by atoms with Crippen LogP contribution >= 0.6 is 12.6 Å². The van der Waals surface area contributed by atoms with E-state index in [0.29, 0.717) is 121 Å². The number of carboxylic acid groups (broad SMARTS) is 6. The van der Waals surface area contributed by atoms with Crippen molar-refractivity contribution in [1.82, 2.24) is 0 Å². The van der Waals surface area contributed by atoms with Crippen LogP contribution in [-0.2, 0) is 119 Å². The average molecular weight is 2000 g/mol. The molecule has 4 aliphatic rings. The number of aliphatic carboxylic acids is 5. The molecular formula is C102H187NO34S. The molecule has 16 atom stereocenters. The molecule has 35 nitrogen and oxygen atoms in total. The Bertz CT molecular complexity index is 3220. The summed E-state index contributed by atoms with van der Waals surface area (Å²) in [6.45, 7) is 67.3. The van der Waals surface area contributed by atoms with E-state index < -0.39 is 71.2 Å². The number of esters is 3. The van der Waals surface area contributed by atoms with Crippen LogP contribution in [0.15, 0.2) is 49.1 Å². The molecule has 16 unspecified atom stereocenters. The van der Waals surface area contributed by atoms with Crippen LogP contribution in [0.1, 0.15) is 303 Å². The molecule has 3 aliphatic heterocycles. The Morgan fingerprint density at radius 1 is 0.514 bits per heavy atom. The number of fused-ring (bicyclic) bond motifs is 1. The van der Waals surface area contributed by atoms with Crippen molar-refractivity contribution < 1.29 is 164 Å². The molecule has 0 amide bonds. The Hall–Kier alpha value is -7.01. The highest BCUT2D eigenvalue weighted by atomic mass is 32.1. The lowest BCUT2D eigenvalue weighted by Gasteiger charge is -2.37. The second kappa shape index (κ2) is 91.2. The molecule has 3 heterocycles. The van der Waals surface area contributed by atoms with Crippen molar-refractivity contribution in [3.05, 3.63) is 60.2 Å². The van der Waals surface area contributed by atoms with Crippen LogP contribution in [0.5, 0.6) is 0 Å². The standard InChI is InChI=1S/C14H18O5.C13H24O3.C11H22O3.C10H18O5.C10H18O3.C9H16O3.C8H19NO.C8H18OS.C7H12O4.C6H10O4.C6H12O2/c1-3-10(2)18-8-9-19-14(17)12-7-5-4-6-11(12)13(15)16;1-3-10(2)15-7-6-14-9-11-4-5-12-13(8-11)16-12;1-4-10(2)14-6-5-12-7-11(3)8-13-9-11;1-3-8(2)13-5-4-12-6-9-7-14-10(11)15-9;1-5-9(4)12-6-7-13-10(11)8(2)3;1-4-8(3)11-6-7-12-9(10)5-2;1-3-8(2)10-7-5-4-6-9;1-3-8(2)9-6-4-5-7-10;1-3-7(2,6(10)11)4-5(8)9;1-3(5(7)8)4(2)6(9)10;1-4(2)5(3)6(7)8/h4-7,10H,3,8-9H2,1-2H3,(H,15,16);10-13H,3-9H2,1-2H3;10H,4-9H2,1-3H3;8-9H,3-7H2,1-2H3;9H,2,5-7H2,1,3-4H3;5,8H,2,4,6-7H2,1,3H3;8H,3-7,9H2,1-2H3;8,10H,3-7H2,1-2H3;3-4H2,1-2H3,(H,8,9)(H,10,11);3-4H,1-2H3,(H,7,8)(H,9,10);4-5H,1-3H3,(H,7,8). The molecule has 5 rings (SSSR count). The van der Waals surface area contributed by atoms with E-state index in [1.807, 2.05) is 62.3 Å². The molecule has 1 aliphatic carbocycles. The summed E-state index contributed by atoms with van der Waals surface area (Å²) >= 11 is 4.11. The van der Waals surface area contributed by atoms with Gasteiger partial charge < -0.3 is 122 Å². The van der Waals surface area contributed by atoms with Gasteiger partial charge in [0.2, 0.25) is 0 Å². The molecular weight excluding hydrogens is 1820 g/mol. The predicted molar refractivity (Wildman–Crippen MR) is 535 cm³/mol. The number of thiol groups is 1. The number of cyclic esters (lactones) is 2. The van der Waals surface area contributed by atoms with Gasteiger partial charge in [-0.15, -0.1) is 0 Å². The summed E-state index contributed by atoms with van der Waals surface area (Å²) in [5.41, 5.74) is 4.88. The number of hydrogen-bond donors (Lipinski definition) is 8. The number of ether oxygens (including phenoxy) is 18. The van der Waals surface area contributed by atoms with Crippen LogP contribution in [0, 0.1) is 40.4 Å². The van der Waals surface area contributed by atoms with Gasteiger partial charge >= 0.3 is 59.9 Å². The third kappa shape index (κ3) is 84.7. The lowest BCUT2D eigenvalue weighted by Crippen LogP contribution is -2.43. The first kappa shape index (κ1) is 142. The predicted octanol–water partition coefficient (Wildman–Crippen LogP) is 18.2. The van der Waals surface area contributed by atoms with Crippen molar-refractivity contribution in [2.45, 2.75) is 349 Å². The first-order valence-corrected chi connectivity index (χ1v) is 50.0. The number of nitrogens with two attached hydrogens (primary N) is 1. The summed E-state index contributed by atoms with van der Waals surface area (Å²) < 4.78 is 94.3. The molecule has 36 heteroatoms. The van der Waals surface area contributed by atoms with Gasteiger partial charge in [-0.05, 0) is 208 Å². The van der Waals surface area contributed by atoms with Crippen LogP contribution in [0.2, 0.25) is 0 Å². The molecule has 0 radical (unpaired) electrons. The van der Waals surface area contributed by atoms with E-state index in [1.165, 1.54) is 58.6 Å². The second-order valence-electron chi connectivity index (χ2n) is 35.0. The maximum atomic E-state index is 11.7. The van der Waals surface area contributed by atoms with Gasteiger partial charge in [0.15, 0.2) is 6.10 Å². The van der Waals surface area contributed by atoms with Crippen LogP contribution in [0.4, 0.5) is 4.79 Å². The third-order valence-corrected chi connectivity index (χ3v) is 22.3. The number of rotatable bonds is 61. The molecule has 0 bridgehead atoms. The molecule has 1 aromatic carbocycles. The lowest BCUT2D eigenvalue weighted by molar-refractivity contribution is -0.154. The maximum Gasteiger partial charge on any atom is 0.508 e. The highest BCUT2D eigenvalue weighted by molar-refractivity contribution is 7.80. The highest BCUT2D eigenvalue weighted by Gasteiger charge is 2.44. The maximum absolute atomic E-state index is 11.7. The number of aromatic carboxylic acids is 1. The third-order valence-electron chi connectivity index (χ3n) is 22.0. The van der Waals surface area contributed by atoms with Crippen molar-refractivity contribution in [3.8, 4) is 0 Å². The fraction of sp³-hybridized carbons (Fsp3) is 0.804. The van der Waals surface area contributed by atoms with E-state index in [2.05, 4.69) is 99.8 Å². The van der Waals surface area contributed by atoms with Gasteiger partial charge in [-0.2, -0.15) is 12.6 Å². The first-order valence-electron chi connectivity index (χ1n) is 49.4. The number of benzene rings is 1. The fourth-order valence-corrected chi connectivity index (χ4v) is 10.2. The van der Waals surface area contributed by atoms with Gasteiger partial charge in [0.1, 0.15) is 26.4 Å². The lowest BCUT2D eigenvalue weighted by atomic mass is 9.84. The van der Waals surface area contributed by atoms with Crippen molar-refractivity contribution in [1.29, 1.82) is 0 Å². The summed E-state index contributed by atoms with van der Waals surface area (Å²) in [7, 11) is 0. The van der Waals surface area contributed by atoms with E-state index in [4.69, 9.17) is 117 Å². The molecule has 1 aromatic rings. The summed E-state index contributed by atoms with van der Waals surface area (Å²) in [5, 5.41) is 51.0. The Morgan fingerprint density at radius 2 is 0.906 bits per heavy atom. The zero-order valence-corrected chi connectivity index (χ0v) is 89.6. The number of carboxylic acids is 6. The topological polar surface area (TPSA) is 488 Å². The van der Waals surface area contributed by atoms with Gasteiger partial charge in [0, 0.05) is 36.9 Å². The van der Waals surface area contributed by atoms with Crippen LogP contribution in [-0.4, -0.2) is 302 Å². The molecule has 4 fully saturated rings. The molecule has 8 N–H and O–H groups in total. The number of epoxide rings is 1. The van der Waals surface area contributed by atoms with Crippen LogP contribution in [0.25, 0.3) is 0 Å². The minimum atomic E-state index is -1.15. The van der Waals surface area contributed by atoms with E-state index >= 15 is 0 Å². The molecule has 0 spiro atoms. The van der Waals surface area contributed by atoms with Gasteiger partial charge in [0.05, 0.1) is 188 Å². The fourth-order valence-electron chi connectivity index (χ4n) is 9.96. The smallest absolute Gasteiger partial charge is 0.481 e. The van der Waals surface area contributed by atoms with Crippen molar-refractivity contribution >= 4 is 72.5 Å². The van der Waals surface area contributed by atoms with E-state index in [1.54, 1.807) is 32.9 Å². The largest absolute Gasteiger partial charge is 0.508 e. The zero-order valence-electron chi connectivity index (χ0n) is 88.8. The number of unbranched alkanes of at least 4 members (excludes halogenated alkanes) is 2. The average Bonchev–Trinajstić information content (AvgIpc) is 1.67. The summed E-state index contributed by atoms with van der Waals surface area (Å²) in [5.74, 6) is -7.46. The molecule has 138 heavy (non-hydrogen) atoms. The first-order chi connectivity index (χ1) is 65.1. The normalized spacial score (nSPS) is 17.6. The molecule has 3 saturated heterocycles. The monoisotopic (exact) mass is 2000 g/mol. The van der Waals surface area contributed by atoms with Gasteiger partial charge in [-0.1, -0.05) is 129 Å². The van der Waals surface area contributed by atoms with E-state index in [-0.39, 0.29) is 84.5 Å². The minimum absolute atomic E-state index is 0.0542. The molecule has 810 valence electrons. The number of carbonyl (C=O) groups excluding carboxylic acids is 4. The van der Waals surface area contributed by atoms with Gasteiger partial charge in [-0.3, -0.25) is 24.0 Å². The molecule has 1 saturated carbocycles. The van der Waals surface area contributed by atoms with Crippen LogP contribution < -0.4 is 5.73 Å². The number of carbonyl (C=O) groups is 10. The Balaban J connectivity index is -0.000000350. The van der Waals surface area contributed by atoms with Crippen molar-refractivity contribution in [2.24, 2.45) is 46.2 Å². The van der Waals surface area contributed by atoms with E-state index in [0.717, 1.165) is 142 Å². The Labute approximate surface area is 832 Å². The Morgan fingerprint density at radius 3 is 1.22 bits per heavy atom. The van der Waals surface area contributed by atoms with Crippen molar-refractivity contribution in [2.75, 3.05) is 144 Å². The summed E-state index contributed by atoms with van der Waals surface area (Å²) in [6, 6.07) is 5.96. The highest BCUT2D eigenvalue weighted by Crippen LogP contribution is 2.39. The number of hydrogen-bond acceptors (Lipinski definition) is 30. The van der Waals surface area contributed by atoms with Crippen molar-refractivity contribution in [3.63, 3.8) is 0 Å². The Kier molecular flexibility index (Phi) is 93.6. The quantitative estimate of drug-likeness (QED) is 0.00750. The second-order valence-corrected chi connectivity index (χ2v) is 35.5. The van der Waals surface area contributed by atoms with Crippen LogP contribution in [0.3, 0.4) is 0 Å². The molecule has 0 aromatic heterocycles.